The molecule has 7 heteroatoms. The van der Waals surface area contributed by atoms with E-state index < -0.39 is 9.84 Å². The molecule has 0 aromatic heterocycles. The fourth-order valence-electron chi connectivity index (χ4n) is 3.82. The van der Waals surface area contributed by atoms with Crippen LogP contribution in [0.2, 0.25) is 0 Å². The molecule has 1 saturated heterocycles. The molecule has 0 radical (unpaired) electrons. The monoisotopic (exact) mass is 386 g/mol. The number of rotatable bonds is 4. The highest BCUT2D eigenvalue weighted by Crippen LogP contribution is 2.32. The van der Waals surface area contributed by atoms with E-state index in [4.69, 9.17) is 0 Å². The van der Waals surface area contributed by atoms with Crippen molar-refractivity contribution >= 4 is 28.2 Å². The van der Waals surface area contributed by atoms with Gasteiger partial charge in [0.25, 0.3) is 0 Å². The molecule has 25 heavy (non-hydrogen) atoms. The van der Waals surface area contributed by atoms with Crippen LogP contribution in [0, 0.1) is 11.8 Å². The maximum absolute atomic E-state index is 12.5. The molecule has 5 nitrogen and oxygen atoms in total. The highest BCUT2D eigenvalue weighted by atomic mass is 35.5. The summed E-state index contributed by atoms with van der Waals surface area (Å²) in [6.07, 6.45) is 3.29. The maximum Gasteiger partial charge on any atom is 0.220 e. The van der Waals surface area contributed by atoms with Crippen LogP contribution >= 0.6 is 12.4 Å². The smallest absolute Gasteiger partial charge is 0.220 e. The molecule has 140 valence electrons. The zero-order valence-corrected chi connectivity index (χ0v) is 16.2. The quantitative estimate of drug-likeness (QED) is 0.833. The molecule has 0 bridgehead atoms. The molecule has 3 atom stereocenters. The van der Waals surface area contributed by atoms with E-state index in [1.165, 1.54) is 12.8 Å². The minimum atomic E-state index is -3.21. The Morgan fingerprint density at radius 3 is 2.80 bits per heavy atom. The third-order valence-corrected chi connectivity index (χ3v) is 7.10. The van der Waals surface area contributed by atoms with E-state index in [0.29, 0.717) is 29.6 Å². The number of hydrogen-bond acceptors (Lipinski definition) is 4. The minimum Gasteiger partial charge on any atom is -0.349 e. The predicted molar refractivity (Wildman–Crippen MR) is 101 cm³/mol. The van der Waals surface area contributed by atoms with Crippen LogP contribution in [-0.4, -0.2) is 33.2 Å². The summed E-state index contributed by atoms with van der Waals surface area (Å²) in [6.45, 7) is 4.19. The van der Waals surface area contributed by atoms with Gasteiger partial charge in [0.05, 0.1) is 16.7 Å². The van der Waals surface area contributed by atoms with Crippen LogP contribution in [0.3, 0.4) is 0 Å². The van der Waals surface area contributed by atoms with E-state index in [-0.39, 0.29) is 30.1 Å². The SMILES string of the molecule is CC(CC(=O)NC1CCS(=O)(=O)c2ccccc21)C1CCCNC1.Cl. The fraction of sp³-hybridized carbons (Fsp3) is 0.611. The lowest BCUT2D eigenvalue weighted by atomic mass is 9.85. The van der Waals surface area contributed by atoms with Crippen molar-refractivity contribution < 1.29 is 13.2 Å². The van der Waals surface area contributed by atoms with Crippen molar-refractivity contribution in [3.63, 3.8) is 0 Å². The molecular weight excluding hydrogens is 360 g/mol. The second-order valence-electron chi connectivity index (χ2n) is 7.05. The number of sulfone groups is 1. The number of halogens is 1. The molecule has 1 fully saturated rings. The molecule has 1 aromatic rings. The zero-order chi connectivity index (χ0) is 17.2. The van der Waals surface area contributed by atoms with Gasteiger partial charge in [0.15, 0.2) is 9.84 Å². The largest absolute Gasteiger partial charge is 0.349 e. The summed E-state index contributed by atoms with van der Waals surface area (Å²) in [4.78, 5) is 12.8. The highest BCUT2D eigenvalue weighted by molar-refractivity contribution is 7.91. The number of amides is 1. The highest BCUT2D eigenvalue weighted by Gasteiger charge is 2.31. The molecule has 0 aliphatic carbocycles. The number of hydrogen-bond donors (Lipinski definition) is 2. The average Bonchev–Trinajstić information content (AvgIpc) is 2.58. The number of fused-ring (bicyclic) bond motifs is 1. The number of carbonyl (C=O) groups is 1. The van der Waals surface area contributed by atoms with Gasteiger partial charge in [0.1, 0.15) is 0 Å². The van der Waals surface area contributed by atoms with Gasteiger partial charge in [-0.25, -0.2) is 8.42 Å². The zero-order valence-electron chi connectivity index (χ0n) is 14.5. The molecule has 2 N–H and O–H groups in total. The molecule has 2 aliphatic heterocycles. The summed E-state index contributed by atoms with van der Waals surface area (Å²) in [5, 5.41) is 6.45. The molecule has 2 aliphatic rings. The van der Waals surface area contributed by atoms with Gasteiger partial charge in [-0.15, -0.1) is 12.4 Å². The summed E-state index contributed by atoms with van der Waals surface area (Å²) < 4.78 is 24.3. The van der Waals surface area contributed by atoms with Gasteiger partial charge in [-0.1, -0.05) is 25.1 Å². The van der Waals surface area contributed by atoms with Crippen molar-refractivity contribution in [2.24, 2.45) is 11.8 Å². The molecule has 2 heterocycles. The minimum absolute atomic E-state index is 0. The normalized spacial score (nSPS) is 26.0. The van der Waals surface area contributed by atoms with Gasteiger partial charge in [0, 0.05) is 6.42 Å². The first-order chi connectivity index (χ1) is 11.5. The van der Waals surface area contributed by atoms with Crippen molar-refractivity contribution in [3.8, 4) is 0 Å². The molecule has 3 rings (SSSR count). The van der Waals surface area contributed by atoms with E-state index in [0.717, 1.165) is 18.7 Å². The van der Waals surface area contributed by atoms with Crippen LogP contribution in [0.4, 0.5) is 0 Å². The second-order valence-corrected chi connectivity index (χ2v) is 9.13. The van der Waals surface area contributed by atoms with Gasteiger partial charge < -0.3 is 10.6 Å². The van der Waals surface area contributed by atoms with E-state index in [1.807, 2.05) is 12.1 Å². The van der Waals surface area contributed by atoms with Crippen LogP contribution in [0.5, 0.6) is 0 Å². The molecule has 3 unspecified atom stereocenters. The lowest BCUT2D eigenvalue weighted by molar-refractivity contribution is -0.123. The Bertz CT molecular complexity index is 702. The maximum atomic E-state index is 12.5. The Hall–Kier alpha value is -1.11. The van der Waals surface area contributed by atoms with Gasteiger partial charge >= 0.3 is 0 Å². The van der Waals surface area contributed by atoms with Gasteiger partial charge in [-0.05, 0) is 55.8 Å². The Morgan fingerprint density at radius 1 is 1.32 bits per heavy atom. The summed E-state index contributed by atoms with van der Waals surface area (Å²) in [5.41, 5.74) is 0.726. The molecule has 1 amide bonds. The first-order valence-electron chi connectivity index (χ1n) is 8.79. The third kappa shape index (κ3) is 4.74. The van der Waals surface area contributed by atoms with E-state index in [2.05, 4.69) is 17.6 Å². The third-order valence-electron chi connectivity index (χ3n) is 5.29. The van der Waals surface area contributed by atoms with Crippen LogP contribution in [0.15, 0.2) is 29.2 Å². The number of piperidine rings is 1. The topological polar surface area (TPSA) is 75.3 Å². The predicted octanol–water partition coefficient (Wildman–Crippen LogP) is 2.47. The van der Waals surface area contributed by atoms with Gasteiger partial charge in [0.2, 0.25) is 5.91 Å². The Kier molecular flexibility index (Phi) is 6.88. The Balaban J connectivity index is 0.00000225. The summed E-state index contributed by atoms with van der Waals surface area (Å²) in [7, 11) is -3.21. The standard InChI is InChI=1S/C18H26N2O3S.ClH/c1-13(14-5-4-9-19-12-14)11-18(21)20-16-8-10-24(22,23)17-7-3-2-6-15(16)17;/h2-3,6-7,13-14,16,19H,4-5,8-12H2,1H3,(H,20,21);1H. The lowest BCUT2D eigenvalue weighted by Gasteiger charge is -2.30. The van der Waals surface area contributed by atoms with E-state index in [9.17, 15) is 13.2 Å². The molecule has 1 aromatic carbocycles. The second kappa shape index (κ2) is 8.52. The van der Waals surface area contributed by atoms with Crippen LogP contribution in [-0.2, 0) is 14.6 Å². The van der Waals surface area contributed by atoms with Crippen molar-refractivity contribution in [1.29, 1.82) is 0 Å². The summed E-state index contributed by atoms with van der Waals surface area (Å²) in [5.74, 6) is 0.993. The van der Waals surface area contributed by atoms with E-state index in [1.54, 1.807) is 12.1 Å². The number of benzene rings is 1. The number of nitrogens with one attached hydrogen (secondary N) is 2. The van der Waals surface area contributed by atoms with Crippen LogP contribution in [0.1, 0.15) is 44.2 Å². The van der Waals surface area contributed by atoms with Crippen molar-refractivity contribution in [3.05, 3.63) is 29.8 Å². The summed E-state index contributed by atoms with van der Waals surface area (Å²) in [6, 6.07) is 6.81. The Morgan fingerprint density at radius 2 is 2.08 bits per heavy atom. The molecule has 0 spiro atoms. The lowest BCUT2D eigenvalue weighted by Crippen LogP contribution is -2.37. The molecular formula is C18H27ClN2O3S. The van der Waals surface area contributed by atoms with Crippen molar-refractivity contribution in [2.45, 2.75) is 43.5 Å². The summed E-state index contributed by atoms with van der Waals surface area (Å²) >= 11 is 0. The van der Waals surface area contributed by atoms with Crippen LogP contribution in [0.25, 0.3) is 0 Å². The van der Waals surface area contributed by atoms with Crippen molar-refractivity contribution in [1.82, 2.24) is 10.6 Å². The van der Waals surface area contributed by atoms with Gasteiger partial charge in [-0.2, -0.15) is 0 Å². The first-order valence-corrected chi connectivity index (χ1v) is 10.4. The first kappa shape index (κ1) is 20.2. The fourth-order valence-corrected chi connectivity index (χ4v) is 5.44. The Labute approximate surface area is 156 Å². The average molecular weight is 387 g/mol. The molecule has 0 saturated carbocycles. The van der Waals surface area contributed by atoms with Gasteiger partial charge in [-0.3, -0.25) is 4.79 Å². The van der Waals surface area contributed by atoms with Crippen LogP contribution < -0.4 is 10.6 Å². The van der Waals surface area contributed by atoms with Crippen molar-refractivity contribution in [2.75, 3.05) is 18.8 Å². The van der Waals surface area contributed by atoms with E-state index >= 15 is 0 Å². The number of carbonyl (C=O) groups excluding carboxylic acids is 1.